The number of hydrogen-bond acceptors (Lipinski definition) is 3. The Bertz CT molecular complexity index is 522. The van der Waals surface area contributed by atoms with Crippen LogP contribution in [0.3, 0.4) is 0 Å². The molecule has 1 amide bonds. The number of nitrogens with zero attached hydrogens (tertiary/aromatic N) is 1. The van der Waals surface area contributed by atoms with Gasteiger partial charge in [-0.3, -0.25) is 4.79 Å². The molecule has 0 aliphatic carbocycles. The number of anilines is 2. The average Bonchev–Trinajstić information content (AvgIpc) is 2.89. The zero-order valence-corrected chi connectivity index (χ0v) is 11.1. The summed E-state index contributed by atoms with van der Waals surface area (Å²) < 4.78 is 0. The highest BCUT2D eigenvalue weighted by atomic mass is 32.1. The molecule has 0 aliphatic rings. The maximum atomic E-state index is 12.4. The molecule has 0 unspecified atom stereocenters. The fourth-order valence-corrected chi connectivity index (χ4v) is 2.44. The Labute approximate surface area is 111 Å². The van der Waals surface area contributed by atoms with Crippen molar-refractivity contribution in [1.29, 1.82) is 0 Å². The molecule has 0 spiro atoms. The first-order chi connectivity index (χ1) is 8.72. The lowest BCUT2D eigenvalue weighted by Crippen LogP contribution is -2.31. The Balaban J connectivity index is 2.31. The smallest absolute Gasteiger partial charge is 0.259 e. The molecule has 0 fully saturated rings. The van der Waals surface area contributed by atoms with Crippen LogP contribution in [0.25, 0.3) is 0 Å². The summed E-state index contributed by atoms with van der Waals surface area (Å²) in [7, 11) is 0. The summed E-state index contributed by atoms with van der Waals surface area (Å²) in [5.74, 6) is 0.0312. The molecule has 0 aliphatic heterocycles. The number of benzene rings is 1. The van der Waals surface area contributed by atoms with Gasteiger partial charge in [-0.05, 0) is 36.1 Å². The summed E-state index contributed by atoms with van der Waals surface area (Å²) >= 11 is 1.53. The number of rotatable bonds is 4. The first-order valence-corrected chi connectivity index (χ1v) is 6.86. The molecule has 0 atom stereocenters. The molecular formula is C14H16N2OS. The molecule has 1 aromatic heterocycles. The fraction of sp³-hybridized carbons (Fsp3) is 0.214. The molecule has 18 heavy (non-hydrogen) atoms. The van der Waals surface area contributed by atoms with Crippen molar-refractivity contribution in [2.45, 2.75) is 13.3 Å². The highest BCUT2D eigenvalue weighted by Gasteiger charge is 2.17. The Hall–Kier alpha value is -1.81. The summed E-state index contributed by atoms with van der Waals surface area (Å²) in [4.78, 5) is 14.2. The van der Waals surface area contributed by atoms with Crippen molar-refractivity contribution in [1.82, 2.24) is 0 Å². The molecule has 1 heterocycles. The van der Waals surface area contributed by atoms with Crippen LogP contribution < -0.4 is 10.6 Å². The van der Waals surface area contributed by atoms with Crippen LogP contribution >= 0.6 is 11.3 Å². The molecule has 0 saturated heterocycles. The highest BCUT2D eigenvalue weighted by Crippen LogP contribution is 2.21. The van der Waals surface area contributed by atoms with Crippen LogP contribution in [0.5, 0.6) is 0 Å². The van der Waals surface area contributed by atoms with Gasteiger partial charge in [0.15, 0.2) is 0 Å². The van der Waals surface area contributed by atoms with Gasteiger partial charge in [0, 0.05) is 23.3 Å². The van der Waals surface area contributed by atoms with Gasteiger partial charge < -0.3 is 10.6 Å². The van der Waals surface area contributed by atoms with Gasteiger partial charge in [0.1, 0.15) is 0 Å². The molecule has 1 aromatic carbocycles. The van der Waals surface area contributed by atoms with Crippen molar-refractivity contribution >= 4 is 28.6 Å². The van der Waals surface area contributed by atoms with E-state index < -0.39 is 0 Å². The van der Waals surface area contributed by atoms with Crippen molar-refractivity contribution in [2.24, 2.45) is 0 Å². The van der Waals surface area contributed by atoms with E-state index in [4.69, 9.17) is 5.73 Å². The predicted molar refractivity (Wildman–Crippen MR) is 77.1 cm³/mol. The van der Waals surface area contributed by atoms with Crippen molar-refractivity contribution < 1.29 is 4.79 Å². The third kappa shape index (κ3) is 2.71. The number of hydrogen-bond donors (Lipinski definition) is 1. The van der Waals surface area contributed by atoms with E-state index in [1.807, 2.05) is 41.1 Å². The van der Waals surface area contributed by atoms with Crippen LogP contribution in [0.2, 0.25) is 0 Å². The van der Waals surface area contributed by atoms with Crippen molar-refractivity contribution in [3.63, 3.8) is 0 Å². The van der Waals surface area contributed by atoms with Crippen molar-refractivity contribution in [3.05, 3.63) is 46.7 Å². The zero-order chi connectivity index (χ0) is 13.0. The van der Waals surface area contributed by atoms with E-state index in [0.29, 0.717) is 12.2 Å². The molecule has 0 bridgehead atoms. The number of carbonyl (C=O) groups is 1. The molecule has 3 nitrogen and oxygen atoms in total. The second-order valence-electron chi connectivity index (χ2n) is 4.06. The van der Waals surface area contributed by atoms with Gasteiger partial charge in [0.2, 0.25) is 0 Å². The van der Waals surface area contributed by atoms with E-state index in [1.54, 1.807) is 4.90 Å². The lowest BCUT2D eigenvalue weighted by Gasteiger charge is -2.22. The maximum absolute atomic E-state index is 12.4. The van der Waals surface area contributed by atoms with Crippen molar-refractivity contribution in [3.8, 4) is 0 Å². The molecule has 94 valence electrons. The van der Waals surface area contributed by atoms with Gasteiger partial charge in [0.05, 0.1) is 5.56 Å². The normalized spacial score (nSPS) is 10.3. The molecule has 0 radical (unpaired) electrons. The number of nitrogens with two attached hydrogens (primary N) is 1. The fourth-order valence-electron chi connectivity index (χ4n) is 1.81. The zero-order valence-electron chi connectivity index (χ0n) is 10.3. The summed E-state index contributed by atoms with van der Waals surface area (Å²) in [5.41, 5.74) is 8.04. The van der Waals surface area contributed by atoms with Gasteiger partial charge in [-0.25, -0.2) is 0 Å². The van der Waals surface area contributed by atoms with Crippen LogP contribution in [0.4, 0.5) is 11.4 Å². The SMILES string of the molecule is CCCN(C(=O)c1ccsc1)c1cccc(N)c1. The Morgan fingerprint density at radius 1 is 1.39 bits per heavy atom. The Morgan fingerprint density at radius 3 is 2.83 bits per heavy atom. The summed E-state index contributed by atoms with van der Waals surface area (Å²) in [6.07, 6.45) is 0.907. The minimum Gasteiger partial charge on any atom is -0.399 e. The molecule has 0 saturated carbocycles. The molecule has 2 N–H and O–H groups in total. The Kier molecular flexibility index (Phi) is 3.99. The third-order valence-corrected chi connectivity index (χ3v) is 3.33. The first-order valence-electron chi connectivity index (χ1n) is 5.92. The lowest BCUT2D eigenvalue weighted by molar-refractivity contribution is 0.0987. The van der Waals surface area contributed by atoms with Crippen molar-refractivity contribution in [2.75, 3.05) is 17.2 Å². The van der Waals surface area contributed by atoms with E-state index in [1.165, 1.54) is 11.3 Å². The van der Waals surface area contributed by atoms with E-state index in [-0.39, 0.29) is 5.91 Å². The van der Waals surface area contributed by atoms with E-state index in [9.17, 15) is 4.79 Å². The lowest BCUT2D eigenvalue weighted by atomic mass is 10.2. The van der Waals surface area contributed by atoms with Gasteiger partial charge in [-0.15, -0.1) is 0 Å². The van der Waals surface area contributed by atoms with E-state index in [0.717, 1.165) is 17.7 Å². The minimum absolute atomic E-state index is 0.0312. The topological polar surface area (TPSA) is 46.3 Å². The molecular weight excluding hydrogens is 244 g/mol. The van der Waals surface area contributed by atoms with Gasteiger partial charge in [0.25, 0.3) is 5.91 Å². The second kappa shape index (κ2) is 5.69. The number of thiophene rings is 1. The second-order valence-corrected chi connectivity index (χ2v) is 4.84. The monoisotopic (exact) mass is 260 g/mol. The minimum atomic E-state index is 0.0312. The quantitative estimate of drug-likeness (QED) is 0.856. The molecule has 2 rings (SSSR count). The molecule has 2 aromatic rings. The van der Waals surface area contributed by atoms with Gasteiger partial charge >= 0.3 is 0 Å². The average molecular weight is 260 g/mol. The van der Waals surface area contributed by atoms with Gasteiger partial charge in [-0.2, -0.15) is 11.3 Å². The standard InChI is InChI=1S/C14H16N2OS/c1-2-7-16(13-5-3-4-12(15)9-13)14(17)11-6-8-18-10-11/h3-6,8-10H,2,7,15H2,1H3. The largest absolute Gasteiger partial charge is 0.399 e. The van der Waals surface area contributed by atoms with Crippen LogP contribution in [0, 0.1) is 0 Å². The molecule has 4 heteroatoms. The summed E-state index contributed by atoms with van der Waals surface area (Å²) in [5, 5.41) is 3.79. The Morgan fingerprint density at radius 2 is 2.22 bits per heavy atom. The van der Waals surface area contributed by atoms with Crippen LogP contribution in [0.1, 0.15) is 23.7 Å². The summed E-state index contributed by atoms with van der Waals surface area (Å²) in [6.45, 7) is 2.75. The van der Waals surface area contributed by atoms with Crippen LogP contribution in [0.15, 0.2) is 41.1 Å². The highest BCUT2D eigenvalue weighted by molar-refractivity contribution is 7.08. The predicted octanol–water partition coefficient (Wildman–Crippen LogP) is 3.39. The van der Waals surface area contributed by atoms with Gasteiger partial charge in [-0.1, -0.05) is 13.0 Å². The van der Waals surface area contributed by atoms with Crippen LogP contribution in [-0.4, -0.2) is 12.5 Å². The number of nitrogen functional groups attached to an aromatic ring is 1. The third-order valence-electron chi connectivity index (χ3n) is 2.64. The number of carbonyl (C=O) groups excluding carboxylic acids is 1. The van der Waals surface area contributed by atoms with E-state index in [2.05, 4.69) is 6.92 Å². The first kappa shape index (κ1) is 12.6. The van der Waals surface area contributed by atoms with E-state index >= 15 is 0 Å². The summed E-state index contributed by atoms with van der Waals surface area (Å²) in [6, 6.07) is 9.29. The maximum Gasteiger partial charge on any atom is 0.259 e. The number of amides is 1. The van der Waals surface area contributed by atoms with Crippen LogP contribution in [-0.2, 0) is 0 Å².